The molecule has 0 saturated heterocycles. The maximum atomic E-state index is 12.1. The fourth-order valence-electron chi connectivity index (χ4n) is 3.30. The van der Waals surface area contributed by atoms with Gasteiger partial charge in [0.05, 0.1) is 16.5 Å². The monoisotopic (exact) mass is 302 g/mol. The van der Waals surface area contributed by atoms with Crippen molar-refractivity contribution < 1.29 is 9.90 Å². The van der Waals surface area contributed by atoms with Crippen LogP contribution in [0.2, 0.25) is 0 Å². The number of fused-ring (bicyclic) bond motifs is 1. The van der Waals surface area contributed by atoms with Gasteiger partial charge in [-0.2, -0.15) is 0 Å². The standard InChI is InChI=1S/C16H18N2O4/c19-14-13-11(16(21)22)7-4-8-12(13)18(17-15(14)20)9-10-5-2-1-3-6-10/h4,7-8,10H,1-3,5-6,9H2,(H,17,20)(H,21,22). The third-order valence-electron chi connectivity index (χ3n) is 4.40. The van der Waals surface area contributed by atoms with Crippen molar-refractivity contribution in [1.29, 1.82) is 0 Å². The molecular formula is C16H18N2O4. The first-order chi connectivity index (χ1) is 10.6. The second kappa shape index (κ2) is 5.79. The van der Waals surface area contributed by atoms with E-state index in [1.165, 1.54) is 25.3 Å². The Kier molecular flexibility index (Phi) is 3.83. The Morgan fingerprint density at radius 3 is 2.64 bits per heavy atom. The smallest absolute Gasteiger partial charge is 0.336 e. The van der Waals surface area contributed by atoms with Gasteiger partial charge in [-0.25, -0.2) is 4.79 Å². The number of carbonyl (C=O) groups is 1. The highest BCUT2D eigenvalue weighted by atomic mass is 16.4. The molecule has 0 radical (unpaired) electrons. The molecule has 0 atom stereocenters. The number of carboxylic acids is 1. The number of carboxylic acid groups (broad SMARTS) is 1. The van der Waals surface area contributed by atoms with Gasteiger partial charge < -0.3 is 5.11 Å². The number of aromatic nitrogens is 2. The summed E-state index contributed by atoms with van der Waals surface area (Å²) in [5, 5.41) is 11.8. The fourth-order valence-corrected chi connectivity index (χ4v) is 3.30. The van der Waals surface area contributed by atoms with Gasteiger partial charge >= 0.3 is 11.5 Å². The second-order valence-electron chi connectivity index (χ2n) is 5.89. The van der Waals surface area contributed by atoms with Gasteiger partial charge in [-0.1, -0.05) is 25.3 Å². The lowest BCUT2D eigenvalue weighted by molar-refractivity contribution is 0.0699. The molecule has 116 valence electrons. The van der Waals surface area contributed by atoms with Crippen LogP contribution in [0.25, 0.3) is 10.9 Å². The molecular weight excluding hydrogens is 284 g/mol. The van der Waals surface area contributed by atoms with Crippen LogP contribution in [0.1, 0.15) is 42.5 Å². The molecule has 2 N–H and O–H groups in total. The van der Waals surface area contributed by atoms with Gasteiger partial charge in [-0.05, 0) is 30.9 Å². The number of aromatic carboxylic acids is 1. The lowest BCUT2D eigenvalue weighted by atomic mass is 9.89. The first-order valence-electron chi connectivity index (χ1n) is 7.57. The Balaban J connectivity index is 2.16. The van der Waals surface area contributed by atoms with Crippen LogP contribution in [0, 0.1) is 5.92 Å². The summed E-state index contributed by atoms with van der Waals surface area (Å²) in [4.78, 5) is 35.3. The van der Waals surface area contributed by atoms with Gasteiger partial charge in [0.1, 0.15) is 0 Å². The van der Waals surface area contributed by atoms with E-state index in [9.17, 15) is 19.5 Å². The molecule has 1 aromatic carbocycles. The fraction of sp³-hybridized carbons (Fsp3) is 0.438. The normalized spacial score (nSPS) is 16.0. The molecule has 1 fully saturated rings. The Morgan fingerprint density at radius 1 is 1.23 bits per heavy atom. The number of hydrogen-bond donors (Lipinski definition) is 2. The molecule has 1 aliphatic carbocycles. The predicted molar refractivity (Wildman–Crippen MR) is 82.4 cm³/mol. The highest BCUT2D eigenvalue weighted by Crippen LogP contribution is 2.25. The molecule has 6 nitrogen and oxygen atoms in total. The number of aromatic amines is 1. The van der Waals surface area contributed by atoms with Crippen molar-refractivity contribution in [3.8, 4) is 0 Å². The van der Waals surface area contributed by atoms with Crippen LogP contribution in [-0.2, 0) is 6.54 Å². The van der Waals surface area contributed by atoms with Crippen LogP contribution in [0.15, 0.2) is 27.8 Å². The summed E-state index contributed by atoms with van der Waals surface area (Å²) in [6, 6.07) is 4.64. The maximum absolute atomic E-state index is 12.1. The molecule has 2 aromatic rings. The average Bonchev–Trinajstić information content (AvgIpc) is 2.52. The van der Waals surface area contributed by atoms with E-state index in [0.717, 1.165) is 12.8 Å². The summed E-state index contributed by atoms with van der Waals surface area (Å²) in [6.45, 7) is 0.606. The van der Waals surface area contributed by atoms with E-state index in [4.69, 9.17) is 0 Å². The molecule has 0 spiro atoms. The molecule has 1 saturated carbocycles. The molecule has 1 aromatic heterocycles. The summed E-state index contributed by atoms with van der Waals surface area (Å²) < 4.78 is 1.64. The molecule has 1 aliphatic rings. The van der Waals surface area contributed by atoms with Gasteiger partial charge in [0, 0.05) is 6.54 Å². The summed E-state index contributed by atoms with van der Waals surface area (Å²) in [5.74, 6) is -0.749. The highest BCUT2D eigenvalue weighted by Gasteiger charge is 2.19. The van der Waals surface area contributed by atoms with E-state index < -0.39 is 17.0 Å². The van der Waals surface area contributed by atoms with Crippen molar-refractivity contribution in [2.24, 2.45) is 5.92 Å². The summed E-state index contributed by atoms with van der Waals surface area (Å²) in [6.07, 6.45) is 5.77. The summed E-state index contributed by atoms with van der Waals surface area (Å²) in [5.41, 5.74) is -1.19. The Labute approximate surface area is 126 Å². The largest absolute Gasteiger partial charge is 0.478 e. The number of nitrogens with zero attached hydrogens (tertiary/aromatic N) is 1. The lowest BCUT2D eigenvalue weighted by Crippen LogP contribution is -2.33. The number of hydrogen-bond acceptors (Lipinski definition) is 3. The molecule has 0 unspecified atom stereocenters. The van der Waals surface area contributed by atoms with Gasteiger partial charge in [-0.3, -0.25) is 19.4 Å². The minimum Gasteiger partial charge on any atom is -0.478 e. The van der Waals surface area contributed by atoms with Crippen LogP contribution < -0.4 is 11.0 Å². The number of H-pyrrole nitrogens is 1. The Bertz CT molecular complexity index is 828. The van der Waals surface area contributed by atoms with E-state index in [0.29, 0.717) is 18.0 Å². The zero-order valence-corrected chi connectivity index (χ0v) is 12.2. The van der Waals surface area contributed by atoms with Crippen LogP contribution >= 0.6 is 0 Å². The minimum absolute atomic E-state index is 0.00504. The van der Waals surface area contributed by atoms with Gasteiger partial charge in [0.25, 0.3) is 5.43 Å². The quantitative estimate of drug-likeness (QED) is 0.848. The van der Waals surface area contributed by atoms with E-state index in [-0.39, 0.29) is 10.9 Å². The first-order valence-corrected chi connectivity index (χ1v) is 7.57. The number of benzene rings is 1. The number of nitrogens with one attached hydrogen (secondary N) is 1. The van der Waals surface area contributed by atoms with Crippen molar-refractivity contribution in [2.75, 3.05) is 0 Å². The van der Waals surface area contributed by atoms with Crippen LogP contribution in [-0.4, -0.2) is 20.9 Å². The molecule has 22 heavy (non-hydrogen) atoms. The number of rotatable bonds is 3. The zero-order valence-electron chi connectivity index (χ0n) is 12.2. The SMILES string of the molecule is O=C(O)c1cccc2c1c(=O)c(=O)[nH]n2CC1CCCCC1. The highest BCUT2D eigenvalue weighted by molar-refractivity contribution is 6.02. The van der Waals surface area contributed by atoms with Crippen molar-refractivity contribution in [3.05, 3.63) is 44.3 Å². The molecule has 0 amide bonds. The predicted octanol–water partition coefficient (Wildman–Crippen LogP) is 1.97. The maximum Gasteiger partial charge on any atom is 0.336 e. The third-order valence-corrected chi connectivity index (χ3v) is 4.40. The van der Waals surface area contributed by atoms with Gasteiger partial charge in [0.15, 0.2) is 0 Å². The first kappa shape index (κ1) is 14.6. The molecule has 1 heterocycles. The van der Waals surface area contributed by atoms with Crippen molar-refractivity contribution >= 4 is 16.9 Å². The molecule has 0 aliphatic heterocycles. The van der Waals surface area contributed by atoms with E-state index in [2.05, 4.69) is 5.10 Å². The average molecular weight is 302 g/mol. The lowest BCUT2D eigenvalue weighted by Gasteiger charge is -2.23. The van der Waals surface area contributed by atoms with E-state index in [1.807, 2.05) is 0 Å². The van der Waals surface area contributed by atoms with E-state index in [1.54, 1.807) is 16.8 Å². The second-order valence-corrected chi connectivity index (χ2v) is 5.89. The molecule has 3 rings (SSSR count). The van der Waals surface area contributed by atoms with Crippen LogP contribution in [0.3, 0.4) is 0 Å². The van der Waals surface area contributed by atoms with Crippen LogP contribution in [0.4, 0.5) is 0 Å². The summed E-state index contributed by atoms with van der Waals surface area (Å²) >= 11 is 0. The third kappa shape index (κ3) is 2.56. The van der Waals surface area contributed by atoms with Crippen molar-refractivity contribution in [3.63, 3.8) is 0 Å². The topological polar surface area (TPSA) is 92.2 Å². The van der Waals surface area contributed by atoms with Crippen LogP contribution in [0.5, 0.6) is 0 Å². The van der Waals surface area contributed by atoms with Gasteiger partial charge in [0.2, 0.25) is 0 Å². The zero-order chi connectivity index (χ0) is 15.7. The molecule has 0 bridgehead atoms. The Morgan fingerprint density at radius 2 is 1.95 bits per heavy atom. The molecule has 6 heteroatoms. The van der Waals surface area contributed by atoms with Crippen molar-refractivity contribution in [2.45, 2.75) is 38.6 Å². The summed E-state index contributed by atoms with van der Waals surface area (Å²) in [7, 11) is 0. The Hall–Kier alpha value is -2.37. The van der Waals surface area contributed by atoms with E-state index >= 15 is 0 Å². The minimum atomic E-state index is -1.20. The van der Waals surface area contributed by atoms with Gasteiger partial charge in [-0.15, -0.1) is 0 Å². The van der Waals surface area contributed by atoms with Crippen molar-refractivity contribution in [1.82, 2.24) is 9.78 Å².